The van der Waals surface area contributed by atoms with Crippen molar-refractivity contribution < 1.29 is 0 Å². The average Bonchev–Trinajstić information content (AvgIpc) is 2.99. The highest BCUT2D eigenvalue weighted by Crippen LogP contribution is 2.23. The average molecular weight is 305 g/mol. The van der Waals surface area contributed by atoms with Crippen LogP contribution in [-0.4, -0.2) is 41.0 Å². The van der Waals surface area contributed by atoms with Crippen molar-refractivity contribution >= 4 is 28.3 Å². The second kappa shape index (κ2) is 6.58. The number of benzene rings is 1. The van der Waals surface area contributed by atoms with Crippen LogP contribution in [0, 0.1) is 0 Å². The van der Waals surface area contributed by atoms with E-state index in [2.05, 4.69) is 27.1 Å². The second-order valence-electron chi connectivity index (χ2n) is 5.48. The molecule has 1 aliphatic heterocycles. The number of fused-ring (bicyclic) bond motifs is 1. The molecule has 0 saturated carbocycles. The highest BCUT2D eigenvalue weighted by Gasteiger charge is 2.11. The van der Waals surface area contributed by atoms with Gasteiger partial charge in [-0.1, -0.05) is 18.5 Å². The summed E-state index contributed by atoms with van der Waals surface area (Å²) in [5.41, 5.74) is 0.915. The summed E-state index contributed by atoms with van der Waals surface area (Å²) in [6, 6.07) is 5.79. The molecule has 21 heavy (non-hydrogen) atoms. The Balaban J connectivity index is 1.78. The van der Waals surface area contributed by atoms with Gasteiger partial charge in [-0.25, -0.2) is 9.97 Å². The number of nitrogens with zero attached hydrogens (tertiary/aromatic N) is 3. The van der Waals surface area contributed by atoms with Crippen molar-refractivity contribution in [2.45, 2.75) is 26.2 Å². The van der Waals surface area contributed by atoms with Crippen LogP contribution in [0.4, 0.5) is 5.82 Å². The summed E-state index contributed by atoms with van der Waals surface area (Å²) < 4.78 is 0. The number of likely N-dealkylation sites (tertiary alicyclic amines) is 1. The molecular formula is C16H21ClN4. The van der Waals surface area contributed by atoms with Crippen molar-refractivity contribution in [3.63, 3.8) is 0 Å². The molecule has 5 heteroatoms. The lowest BCUT2D eigenvalue weighted by Crippen LogP contribution is -2.26. The maximum atomic E-state index is 6.07. The third-order valence-corrected chi connectivity index (χ3v) is 4.18. The summed E-state index contributed by atoms with van der Waals surface area (Å²) in [7, 11) is 0. The van der Waals surface area contributed by atoms with Gasteiger partial charge in [0.05, 0.1) is 5.52 Å². The van der Waals surface area contributed by atoms with E-state index in [1.54, 1.807) is 0 Å². The van der Waals surface area contributed by atoms with Crippen molar-refractivity contribution in [3.8, 4) is 0 Å². The molecule has 1 fully saturated rings. The lowest BCUT2D eigenvalue weighted by atomic mass is 10.2. The first-order chi connectivity index (χ1) is 10.3. The minimum Gasteiger partial charge on any atom is -0.368 e. The summed E-state index contributed by atoms with van der Waals surface area (Å²) in [6.07, 6.45) is 3.48. The number of hydrogen-bond donors (Lipinski definition) is 1. The van der Waals surface area contributed by atoms with E-state index in [0.717, 1.165) is 42.1 Å². The Morgan fingerprint density at radius 2 is 2.05 bits per heavy atom. The number of rotatable bonds is 5. The van der Waals surface area contributed by atoms with Crippen LogP contribution in [0.15, 0.2) is 18.2 Å². The van der Waals surface area contributed by atoms with E-state index >= 15 is 0 Å². The van der Waals surface area contributed by atoms with Gasteiger partial charge < -0.3 is 10.2 Å². The third-order valence-electron chi connectivity index (χ3n) is 3.94. The zero-order valence-electron chi connectivity index (χ0n) is 12.4. The summed E-state index contributed by atoms with van der Waals surface area (Å²) in [5, 5.41) is 5.23. The number of hydrogen-bond acceptors (Lipinski definition) is 4. The summed E-state index contributed by atoms with van der Waals surface area (Å²) in [5.74, 6) is 1.78. The molecule has 0 bridgehead atoms. The Morgan fingerprint density at radius 1 is 1.24 bits per heavy atom. The molecule has 112 valence electrons. The summed E-state index contributed by atoms with van der Waals surface area (Å²) >= 11 is 6.07. The molecule has 0 spiro atoms. The molecule has 1 aromatic heterocycles. The van der Waals surface area contributed by atoms with Crippen molar-refractivity contribution in [1.82, 2.24) is 14.9 Å². The summed E-state index contributed by atoms with van der Waals surface area (Å²) in [4.78, 5) is 11.7. The zero-order valence-corrected chi connectivity index (χ0v) is 13.2. The van der Waals surface area contributed by atoms with Gasteiger partial charge in [0.15, 0.2) is 0 Å². The SMILES string of the molecule is CCc1nc(NCCN2CCCC2)c2ccc(Cl)cc2n1. The molecule has 0 amide bonds. The first kappa shape index (κ1) is 14.5. The van der Waals surface area contributed by atoms with E-state index in [-0.39, 0.29) is 0 Å². The van der Waals surface area contributed by atoms with Crippen LogP contribution < -0.4 is 5.32 Å². The largest absolute Gasteiger partial charge is 0.368 e. The van der Waals surface area contributed by atoms with E-state index in [1.165, 1.54) is 25.9 Å². The van der Waals surface area contributed by atoms with Crippen LogP contribution in [0.2, 0.25) is 5.02 Å². The fourth-order valence-corrected chi connectivity index (χ4v) is 2.95. The Morgan fingerprint density at radius 3 is 2.81 bits per heavy atom. The zero-order chi connectivity index (χ0) is 14.7. The van der Waals surface area contributed by atoms with Gasteiger partial charge in [-0.2, -0.15) is 0 Å². The number of aryl methyl sites for hydroxylation is 1. The van der Waals surface area contributed by atoms with Crippen LogP contribution in [0.1, 0.15) is 25.6 Å². The molecule has 0 atom stereocenters. The summed E-state index contributed by atoms with van der Waals surface area (Å²) in [6.45, 7) is 6.50. The number of halogens is 1. The maximum absolute atomic E-state index is 6.07. The molecule has 0 aliphatic carbocycles. The van der Waals surface area contributed by atoms with Crippen molar-refractivity contribution in [1.29, 1.82) is 0 Å². The van der Waals surface area contributed by atoms with Gasteiger partial charge in [-0.15, -0.1) is 0 Å². The van der Waals surface area contributed by atoms with Crippen molar-refractivity contribution in [2.24, 2.45) is 0 Å². The van der Waals surface area contributed by atoms with E-state index in [4.69, 9.17) is 11.6 Å². The number of aromatic nitrogens is 2. The second-order valence-corrected chi connectivity index (χ2v) is 5.92. The lowest BCUT2D eigenvalue weighted by Gasteiger charge is -2.16. The molecule has 1 aliphatic rings. The minimum atomic E-state index is 0.714. The van der Waals surface area contributed by atoms with E-state index in [9.17, 15) is 0 Å². The van der Waals surface area contributed by atoms with Gasteiger partial charge in [0.2, 0.25) is 0 Å². The van der Waals surface area contributed by atoms with Gasteiger partial charge in [0, 0.05) is 29.9 Å². The highest BCUT2D eigenvalue weighted by atomic mass is 35.5. The number of nitrogens with one attached hydrogen (secondary N) is 1. The normalized spacial score (nSPS) is 15.7. The Kier molecular flexibility index (Phi) is 4.56. The van der Waals surface area contributed by atoms with Gasteiger partial charge in [0.25, 0.3) is 0 Å². The topological polar surface area (TPSA) is 41.1 Å². The standard InChI is InChI=1S/C16H21ClN4/c1-2-15-19-14-11-12(17)5-6-13(14)16(20-15)18-7-10-21-8-3-4-9-21/h5-6,11H,2-4,7-10H2,1H3,(H,18,19,20). The number of anilines is 1. The minimum absolute atomic E-state index is 0.714. The smallest absolute Gasteiger partial charge is 0.137 e. The third kappa shape index (κ3) is 3.44. The maximum Gasteiger partial charge on any atom is 0.137 e. The van der Waals surface area contributed by atoms with Gasteiger partial charge in [-0.3, -0.25) is 0 Å². The van der Waals surface area contributed by atoms with Crippen LogP contribution in [0.25, 0.3) is 10.9 Å². The molecule has 1 aromatic carbocycles. The fourth-order valence-electron chi connectivity index (χ4n) is 2.78. The quantitative estimate of drug-likeness (QED) is 0.919. The molecule has 1 N–H and O–H groups in total. The Hall–Kier alpha value is -1.39. The molecule has 3 rings (SSSR count). The fraction of sp³-hybridized carbons (Fsp3) is 0.500. The predicted octanol–water partition coefficient (Wildman–Crippen LogP) is 3.35. The van der Waals surface area contributed by atoms with Gasteiger partial charge in [-0.05, 0) is 44.1 Å². The Labute approximate surface area is 130 Å². The van der Waals surface area contributed by atoms with Crippen molar-refractivity contribution in [2.75, 3.05) is 31.5 Å². The van der Waals surface area contributed by atoms with E-state index in [1.807, 2.05) is 18.2 Å². The Bertz CT molecular complexity index is 623. The molecule has 4 nitrogen and oxygen atoms in total. The van der Waals surface area contributed by atoms with Gasteiger partial charge >= 0.3 is 0 Å². The molecule has 2 heterocycles. The molecule has 0 radical (unpaired) electrons. The first-order valence-corrected chi connectivity index (χ1v) is 8.06. The monoisotopic (exact) mass is 304 g/mol. The highest BCUT2D eigenvalue weighted by molar-refractivity contribution is 6.31. The molecule has 0 unspecified atom stereocenters. The van der Waals surface area contributed by atoms with Crippen LogP contribution in [0.5, 0.6) is 0 Å². The van der Waals surface area contributed by atoms with Crippen LogP contribution >= 0.6 is 11.6 Å². The van der Waals surface area contributed by atoms with Crippen LogP contribution in [-0.2, 0) is 6.42 Å². The predicted molar refractivity (Wildman–Crippen MR) is 88.1 cm³/mol. The van der Waals surface area contributed by atoms with Gasteiger partial charge in [0.1, 0.15) is 11.6 Å². The van der Waals surface area contributed by atoms with E-state index in [0.29, 0.717) is 5.02 Å². The lowest BCUT2D eigenvalue weighted by molar-refractivity contribution is 0.352. The van der Waals surface area contributed by atoms with Crippen LogP contribution in [0.3, 0.4) is 0 Å². The molecule has 1 saturated heterocycles. The first-order valence-electron chi connectivity index (χ1n) is 7.68. The molecular weight excluding hydrogens is 284 g/mol. The molecule has 2 aromatic rings. The van der Waals surface area contributed by atoms with E-state index < -0.39 is 0 Å². The van der Waals surface area contributed by atoms with Crippen molar-refractivity contribution in [3.05, 3.63) is 29.0 Å².